The van der Waals surface area contributed by atoms with Gasteiger partial charge in [-0.15, -0.1) is 0 Å². The van der Waals surface area contributed by atoms with E-state index < -0.39 is 24.3 Å². The Hall–Kier alpha value is -7.16. The fraction of sp³-hybridized carbons (Fsp3) is 0.407. The van der Waals surface area contributed by atoms with Crippen molar-refractivity contribution in [1.29, 1.82) is 0 Å². The van der Waals surface area contributed by atoms with E-state index in [1.54, 1.807) is 0 Å². The lowest BCUT2D eigenvalue weighted by atomic mass is 9.85. The van der Waals surface area contributed by atoms with E-state index in [1.165, 1.54) is 19.8 Å². The largest absolute Gasteiger partial charge is 0.453 e. The van der Waals surface area contributed by atoms with Gasteiger partial charge in [0, 0.05) is 42.3 Å². The second kappa shape index (κ2) is 20.2. The number of aromatic nitrogens is 5. The molecular formula is C54H65N9O6. The van der Waals surface area contributed by atoms with Crippen molar-refractivity contribution in [2.75, 3.05) is 27.3 Å². The Labute approximate surface area is 404 Å². The van der Waals surface area contributed by atoms with Crippen molar-refractivity contribution < 1.29 is 28.7 Å². The van der Waals surface area contributed by atoms with Crippen LogP contribution in [-0.4, -0.2) is 97.7 Å². The van der Waals surface area contributed by atoms with Gasteiger partial charge < -0.3 is 44.4 Å². The maximum Gasteiger partial charge on any atom is 0.407 e. The quantitative estimate of drug-likeness (QED) is 0.0884. The zero-order valence-electron chi connectivity index (χ0n) is 41.1. The number of likely N-dealkylation sites (tertiary alicyclic amines) is 2. The molecule has 2 saturated heterocycles. The third-order valence-electron chi connectivity index (χ3n) is 13.5. The van der Waals surface area contributed by atoms with Crippen molar-refractivity contribution in [2.24, 2.45) is 11.8 Å². The van der Waals surface area contributed by atoms with E-state index in [1.807, 2.05) is 49.9 Å². The number of nitrogens with zero attached hydrogens (tertiary/aromatic N) is 5. The molecule has 0 bridgehead atoms. The Morgan fingerprint density at radius 3 is 1.41 bits per heavy atom. The highest BCUT2D eigenvalue weighted by molar-refractivity contribution is 5.87. The van der Waals surface area contributed by atoms with Crippen LogP contribution in [0, 0.1) is 11.8 Å². The number of ether oxygens (including phenoxy) is 2. The fourth-order valence-corrected chi connectivity index (χ4v) is 9.77. The van der Waals surface area contributed by atoms with Crippen molar-refractivity contribution >= 4 is 24.0 Å². The van der Waals surface area contributed by atoms with Crippen molar-refractivity contribution in [3.8, 4) is 50.7 Å². The maximum absolute atomic E-state index is 13.8. The summed E-state index contributed by atoms with van der Waals surface area (Å²) in [6, 6.07) is 27.9. The first-order valence-corrected chi connectivity index (χ1v) is 24.0. The molecule has 5 heterocycles. The summed E-state index contributed by atoms with van der Waals surface area (Å²) in [5, 5.41) is 5.44. The highest BCUT2D eigenvalue weighted by Gasteiger charge is 2.39. The maximum atomic E-state index is 13.8. The number of amides is 4. The molecule has 8 rings (SSSR count). The van der Waals surface area contributed by atoms with Crippen LogP contribution >= 0.6 is 0 Å². The van der Waals surface area contributed by atoms with E-state index in [0.717, 1.165) is 88.0 Å². The van der Waals surface area contributed by atoms with Gasteiger partial charge in [0.05, 0.1) is 49.1 Å². The zero-order chi connectivity index (χ0) is 49.1. The van der Waals surface area contributed by atoms with Crippen molar-refractivity contribution in [2.45, 2.75) is 104 Å². The van der Waals surface area contributed by atoms with Gasteiger partial charge in [-0.3, -0.25) is 9.59 Å². The molecular weight excluding hydrogens is 871 g/mol. The monoisotopic (exact) mass is 936 g/mol. The normalized spacial score (nSPS) is 17.0. The number of hydrogen-bond acceptors (Lipinski definition) is 8. The molecule has 0 spiro atoms. The number of aromatic amines is 2. The van der Waals surface area contributed by atoms with Crippen LogP contribution in [0.2, 0.25) is 0 Å². The third-order valence-corrected chi connectivity index (χ3v) is 13.5. The summed E-state index contributed by atoms with van der Waals surface area (Å²) in [4.78, 5) is 72.1. The lowest BCUT2D eigenvalue weighted by Crippen LogP contribution is -2.51. The number of methoxy groups -OCH3 is 2. The summed E-state index contributed by atoms with van der Waals surface area (Å²) in [6.07, 6.45) is 5.74. The van der Waals surface area contributed by atoms with Crippen LogP contribution in [0.4, 0.5) is 9.59 Å². The van der Waals surface area contributed by atoms with E-state index in [2.05, 4.69) is 131 Å². The van der Waals surface area contributed by atoms with E-state index in [-0.39, 0.29) is 41.1 Å². The molecule has 0 unspecified atom stereocenters. The summed E-state index contributed by atoms with van der Waals surface area (Å²) in [5.41, 5.74) is 9.76. The van der Waals surface area contributed by atoms with E-state index in [4.69, 9.17) is 19.4 Å². The van der Waals surface area contributed by atoms with Crippen LogP contribution in [-0.2, 0) is 24.5 Å². The van der Waals surface area contributed by atoms with Gasteiger partial charge in [-0.05, 0) is 77.8 Å². The van der Waals surface area contributed by atoms with Crippen LogP contribution < -0.4 is 10.6 Å². The number of imidazole rings is 2. The second-order valence-corrected chi connectivity index (χ2v) is 19.8. The molecule has 69 heavy (non-hydrogen) atoms. The number of carbonyl (C=O) groups is 4. The predicted octanol–water partition coefficient (Wildman–Crippen LogP) is 9.98. The van der Waals surface area contributed by atoms with Crippen LogP contribution in [0.25, 0.3) is 50.7 Å². The predicted molar refractivity (Wildman–Crippen MR) is 266 cm³/mol. The molecule has 3 aromatic heterocycles. The zero-order valence-corrected chi connectivity index (χ0v) is 41.1. The molecule has 2 aliphatic heterocycles. The number of rotatable bonds is 13. The molecule has 15 nitrogen and oxygen atoms in total. The molecule has 2 aliphatic rings. The van der Waals surface area contributed by atoms with Crippen LogP contribution in [0.5, 0.6) is 0 Å². The average Bonchev–Trinajstić information content (AvgIpc) is 4.21. The van der Waals surface area contributed by atoms with Gasteiger partial charge in [-0.2, -0.15) is 0 Å². The number of hydrogen-bond donors (Lipinski definition) is 4. The topological polar surface area (TPSA) is 180 Å². The summed E-state index contributed by atoms with van der Waals surface area (Å²) >= 11 is 0. The highest BCUT2D eigenvalue weighted by Crippen LogP contribution is 2.39. The van der Waals surface area contributed by atoms with Crippen molar-refractivity contribution in [1.82, 2.24) is 44.9 Å². The molecule has 3 aromatic carbocycles. The third kappa shape index (κ3) is 10.0. The van der Waals surface area contributed by atoms with Gasteiger partial charge in [0.2, 0.25) is 11.8 Å². The molecule has 6 aromatic rings. The number of carbonyl (C=O) groups excluding carboxylic acids is 4. The number of alkyl carbamates (subject to hydrolysis) is 2. The van der Waals surface area contributed by atoms with E-state index in [0.29, 0.717) is 13.1 Å². The highest BCUT2D eigenvalue weighted by atomic mass is 16.5. The number of para-hydroxylation sites is 1. The molecule has 2 fully saturated rings. The molecule has 0 radical (unpaired) electrons. The molecule has 362 valence electrons. The first-order valence-electron chi connectivity index (χ1n) is 24.0. The molecule has 0 saturated carbocycles. The van der Waals surface area contributed by atoms with Crippen molar-refractivity contribution in [3.05, 3.63) is 115 Å². The minimum Gasteiger partial charge on any atom is -0.453 e. The van der Waals surface area contributed by atoms with E-state index >= 15 is 0 Å². The number of nitrogens with one attached hydrogen (secondary N) is 4. The van der Waals surface area contributed by atoms with E-state index in [9.17, 15) is 19.2 Å². The van der Waals surface area contributed by atoms with Gasteiger partial charge in [0.15, 0.2) is 0 Å². The Morgan fingerprint density at radius 1 is 0.609 bits per heavy atom. The van der Waals surface area contributed by atoms with Crippen LogP contribution in [0.15, 0.2) is 97.3 Å². The van der Waals surface area contributed by atoms with Crippen LogP contribution in [0.1, 0.15) is 103 Å². The Bertz CT molecular complexity index is 2620. The average molecular weight is 936 g/mol. The lowest BCUT2D eigenvalue weighted by Gasteiger charge is -2.29. The Morgan fingerprint density at radius 2 is 1.01 bits per heavy atom. The summed E-state index contributed by atoms with van der Waals surface area (Å²) in [5.74, 6) is 0.905. The van der Waals surface area contributed by atoms with Crippen molar-refractivity contribution in [3.63, 3.8) is 0 Å². The SMILES string of the molecule is COC(=O)N[C@H](C(=O)N1CCC[C@H]1c1nc(-c2ccc(-c3ccc(-c4ccc(-c5c[nH]c([C@@H]6CCCN6C(=O)[C@@H](NC(=O)OC)C(C)C)n5)cc4)n3-c3ccccc3C(C)(C)C)cc2)c[nH]1)C(C)C. The summed E-state index contributed by atoms with van der Waals surface area (Å²) in [6.45, 7) is 15.5. The lowest BCUT2D eigenvalue weighted by molar-refractivity contribution is -0.136. The first kappa shape index (κ1) is 48.3. The van der Waals surface area contributed by atoms with Gasteiger partial charge in [0.1, 0.15) is 23.7 Å². The standard InChI is InChI=1S/C54H65N9O6/c1-32(2)46(59-52(66)68-8)50(64)61-28-12-16-44(61)48-55-30-39(57-48)34-18-22-36(23-19-34)41-26-27-42(63(41)43-15-11-10-14-38(43)54(5,6)7)37-24-20-35(21-25-37)40-31-56-49(58-40)45-17-13-29-62(45)51(65)47(33(3)4)60-53(67)69-9/h10-11,14-15,18-27,30-33,44-47H,12-13,16-17,28-29H2,1-9H3,(H,55,57)(H,56,58)(H,59,66)(H,60,67)/t44-,45-,46-,47-/m0/s1. The van der Waals surface area contributed by atoms with Gasteiger partial charge >= 0.3 is 12.2 Å². The molecule has 4 N–H and O–H groups in total. The Balaban J connectivity index is 1.06. The number of H-pyrrole nitrogens is 2. The Kier molecular flexibility index (Phi) is 14.1. The molecule has 0 aliphatic carbocycles. The molecule has 4 atom stereocenters. The van der Waals surface area contributed by atoms with Gasteiger partial charge in [-0.25, -0.2) is 19.6 Å². The number of benzene rings is 3. The minimum atomic E-state index is -0.705. The summed E-state index contributed by atoms with van der Waals surface area (Å²) in [7, 11) is 2.59. The first-order chi connectivity index (χ1) is 33.1. The minimum absolute atomic E-state index is 0.121. The smallest absolute Gasteiger partial charge is 0.407 e. The molecule has 4 amide bonds. The fourth-order valence-electron chi connectivity index (χ4n) is 9.77. The second-order valence-electron chi connectivity index (χ2n) is 19.8. The van der Waals surface area contributed by atoms with Crippen LogP contribution in [0.3, 0.4) is 0 Å². The van der Waals surface area contributed by atoms with Gasteiger partial charge in [0.25, 0.3) is 0 Å². The molecule has 15 heteroatoms. The summed E-state index contributed by atoms with van der Waals surface area (Å²) < 4.78 is 12.0. The van der Waals surface area contributed by atoms with Gasteiger partial charge in [-0.1, -0.05) is 115 Å².